The number of rotatable bonds is 5. The highest BCUT2D eigenvalue weighted by Gasteiger charge is 2.16. The smallest absolute Gasteiger partial charge is 0.272 e. The minimum absolute atomic E-state index is 0.209. The number of nitrogens with one attached hydrogen (secondary N) is 1. The fourth-order valence-corrected chi connectivity index (χ4v) is 2.75. The van der Waals surface area contributed by atoms with Gasteiger partial charge in [0.15, 0.2) is 0 Å². The zero-order valence-electron chi connectivity index (χ0n) is 14.7. The van der Waals surface area contributed by atoms with Gasteiger partial charge in [0.05, 0.1) is 10.7 Å². The molecule has 136 valence electrons. The molecule has 1 heterocycles. The van der Waals surface area contributed by atoms with E-state index in [0.29, 0.717) is 22.8 Å². The number of amides is 2. The molecule has 0 fully saturated rings. The van der Waals surface area contributed by atoms with E-state index < -0.39 is 0 Å². The van der Waals surface area contributed by atoms with Gasteiger partial charge in [-0.05, 0) is 29.8 Å². The van der Waals surface area contributed by atoms with Crippen LogP contribution in [0.5, 0.6) is 0 Å². The summed E-state index contributed by atoms with van der Waals surface area (Å²) in [7, 11) is 1.70. The van der Waals surface area contributed by atoms with E-state index in [1.165, 1.54) is 12.3 Å². The van der Waals surface area contributed by atoms with Crippen LogP contribution in [0, 0.1) is 0 Å². The number of anilines is 1. The standard InChI is InChI=1S/C21H18ClN3O2/c1-25(14-15-7-3-2-4-8-15)21(27)19-13-16(11-12-23-19)20(26)24-18-10-6-5-9-17(18)22/h2-13H,14H2,1H3,(H,24,26). The molecule has 0 unspecified atom stereocenters. The summed E-state index contributed by atoms with van der Waals surface area (Å²) in [6, 6.07) is 19.7. The molecule has 3 rings (SSSR count). The molecular formula is C21H18ClN3O2. The fraction of sp³-hybridized carbons (Fsp3) is 0.0952. The summed E-state index contributed by atoms with van der Waals surface area (Å²) in [4.78, 5) is 30.8. The van der Waals surface area contributed by atoms with Gasteiger partial charge in [-0.2, -0.15) is 0 Å². The summed E-state index contributed by atoms with van der Waals surface area (Å²) in [5.41, 5.74) is 2.07. The van der Waals surface area contributed by atoms with Crippen molar-refractivity contribution in [1.82, 2.24) is 9.88 Å². The molecule has 0 saturated carbocycles. The number of carbonyl (C=O) groups is 2. The largest absolute Gasteiger partial charge is 0.336 e. The molecule has 0 spiro atoms. The Morgan fingerprint density at radius 2 is 1.74 bits per heavy atom. The van der Waals surface area contributed by atoms with Crippen LogP contribution in [0.15, 0.2) is 72.9 Å². The molecule has 0 bridgehead atoms. The van der Waals surface area contributed by atoms with Crippen LogP contribution in [0.25, 0.3) is 0 Å². The van der Waals surface area contributed by atoms with Crippen LogP contribution in [-0.2, 0) is 6.54 Å². The highest BCUT2D eigenvalue weighted by atomic mass is 35.5. The van der Waals surface area contributed by atoms with Crippen LogP contribution in [-0.4, -0.2) is 28.7 Å². The number of halogens is 1. The van der Waals surface area contributed by atoms with Crippen LogP contribution >= 0.6 is 11.6 Å². The SMILES string of the molecule is CN(Cc1ccccc1)C(=O)c1cc(C(=O)Nc2ccccc2Cl)ccn1. The van der Waals surface area contributed by atoms with Crippen molar-refractivity contribution in [1.29, 1.82) is 0 Å². The summed E-state index contributed by atoms with van der Waals surface area (Å²) < 4.78 is 0. The lowest BCUT2D eigenvalue weighted by atomic mass is 10.1. The summed E-state index contributed by atoms with van der Waals surface area (Å²) in [5, 5.41) is 3.18. The topological polar surface area (TPSA) is 62.3 Å². The van der Waals surface area contributed by atoms with Crippen molar-refractivity contribution in [3.05, 3.63) is 94.8 Å². The Kier molecular flexibility index (Phi) is 5.84. The third kappa shape index (κ3) is 4.71. The lowest BCUT2D eigenvalue weighted by Crippen LogP contribution is -2.27. The van der Waals surface area contributed by atoms with E-state index in [1.807, 2.05) is 30.3 Å². The molecule has 0 aliphatic heterocycles. The molecule has 6 heteroatoms. The Hall–Kier alpha value is -3.18. The Labute approximate surface area is 162 Å². The van der Waals surface area contributed by atoms with Gasteiger partial charge in [-0.25, -0.2) is 0 Å². The van der Waals surface area contributed by atoms with E-state index >= 15 is 0 Å². The van der Waals surface area contributed by atoms with Crippen molar-refractivity contribution >= 4 is 29.1 Å². The Balaban J connectivity index is 1.73. The molecule has 0 atom stereocenters. The first-order chi connectivity index (χ1) is 13.0. The molecule has 0 saturated heterocycles. The number of nitrogens with zero attached hydrogens (tertiary/aromatic N) is 2. The third-order valence-corrected chi connectivity index (χ3v) is 4.30. The molecule has 2 aromatic carbocycles. The second-order valence-corrected chi connectivity index (χ2v) is 6.42. The quantitative estimate of drug-likeness (QED) is 0.720. The van der Waals surface area contributed by atoms with Gasteiger partial charge >= 0.3 is 0 Å². The van der Waals surface area contributed by atoms with Crippen LogP contribution < -0.4 is 5.32 Å². The van der Waals surface area contributed by atoms with Gasteiger partial charge < -0.3 is 10.2 Å². The van der Waals surface area contributed by atoms with Crippen molar-refractivity contribution in [3.63, 3.8) is 0 Å². The maximum atomic E-state index is 12.6. The Bertz CT molecular complexity index is 960. The zero-order chi connectivity index (χ0) is 19.2. The summed E-state index contributed by atoms with van der Waals surface area (Å²) in [6.07, 6.45) is 1.45. The van der Waals surface area contributed by atoms with Gasteiger partial charge in [0.1, 0.15) is 5.69 Å². The molecule has 2 amide bonds. The minimum atomic E-state index is -0.356. The predicted octanol–water partition coefficient (Wildman–Crippen LogP) is 4.26. The molecule has 0 radical (unpaired) electrons. The van der Waals surface area contributed by atoms with Gasteiger partial charge in [-0.1, -0.05) is 54.1 Å². The maximum Gasteiger partial charge on any atom is 0.272 e. The monoisotopic (exact) mass is 379 g/mol. The molecule has 0 aliphatic carbocycles. The van der Waals surface area contributed by atoms with Crippen LogP contribution in [0.1, 0.15) is 26.4 Å². The maximum absolute atomic E-state index is 12.6. The van der Waals surface area contributed by atoms with Crippen molar-refractivity contribution in [2.75, 3.05) is 12.4 Å². The van der Waals surface area contributed by atoms with Crippen molar-refractivity contribution < 1.29 is 9.59 Å². The number of carbonyl (C=O) groups excluding carboxylic acids is 2. The van der Waals surface area contributed by atoms with Gasteiger partial charge in [-0.3, -0.25) is 14.6 Å². The molecule has 5 nitrogen and oxygen atoms in total. The summed E-state index contributed by atoms with van der Waals surface area (Å²) in [5.74, 6) is -0.614. The highest BCUT2D eigenvalue weighted by Crippen LogP contribution is 2.21. The van der Waals surface area contributed by atoms with Crippen molar-refractivity contribution in [2.24, 2.45) is 0 Å². The van der Waals surface area contributed by atoms with Gasteiger partial charge in [-0.15, -0.1) is 0 Å². The van der Waals surface area contributed by atoms with E-state index in [-0.39, 0.29) is 17.5 Å². The van der Waals surface area contributed by atoms with E-state index in [2.05, 4.69) is 10.3 Å². The number of hydrogen-bond acceptors (Lipinski definition) is 3. The predicted molar refractivity (Wildman–Crippen MR) is 106 cm³/mol. The summed E-state index contributed by atoms with van der Waals surface area (Å²) >= 11 is 6.07. The van der Waals surface area contributed by atoms with E-state index in [4.69, 9.17) is 11.6 Å². The van der Waals surface area contributed by atoms with Gasteiger partial charge in [0, 0.05) is 25.4 Å². The molecule has 3 aromatic rings. The number of pyridine rings is 1. The second kappa shape index (κ2) is 8.47. The third-order valence-electron chi connectivity index (χ3n) is 3.97. The van der Waals surface area contributed by atoms with E-state index in [9.17, 15) is 9.59 Å². The summed E-state index contributed by atoms with van der Waals surface area (Å²) in [6.45, 7) is 0.456. The van der Waals surface area contributed by atoms with Crippen LogP contribution in [0.3, 0.4) is 0 Å². The number of hydrogen-bond donors (Lipinski definition) is 1. The minimum Gasteiger partial charge on any atom is -0.336 e. The molecule has 27 heavy (non-hydrogen) atoms. The van der Waals surface area contributed by atoms with E-state index in [1.54, 1.807) is 42.3 Å². The highest BCUT2D eigenvalue weighted by molar-refractivity contribution is 6.33. The average Bonchev–Trinajstić information content (AvgIpc) is 2.70. The van der Waals surface area contributed by atoms with Gasteiger partial charge in [0.25, 0.3) is 11.8 Å². The molecule has 1 N–H and O–H groups in total. The first-order valence-electron chi connectivity index (χ1n) is 8.36. The van der Waals surface area contributed by atoms with E-state index in [0.717, 1.165) is 5.56 Å². The molecular weight excluding hydrogens is 362 g/mol. The average molecular weight is 380 g/mol. The first kappa shape index (κ1) is 18.6. The normalized spacial score (nSPS) is 10.3. The number of benzene rings is 2. The van der Waals surface area contributed by atoms with Gasteiger partial charge in [0.2, 0.25) is 0 Å². The lowest BCUT2D eigenvalue weighted by Gasteiger charge is -2.17. The molecule has 0 aliphatic rings. The lowest BCUT2D eigenvalue weighted by molar-refractivity contribution is 0.0779. The van der Waals surface area contributed by atoms with Crippen molar-refractivity contribution in [3.8, 4) is 0 Å². The second-order valence-electron chi connectivity index (χ2n) is 6.01. The Morgan fingerprint density at radius 3 is 2.48 bits per heavy atom. The zero-order valence-corrected chi connectivity index (χ0v) is 15.5. The van der Waals surface area contributed by atoms with Crippen molar-refractivity contribution in [2.45, 2.75) is 6.54 Å². The Morgan fingerprint density at radius 1 is 1.04 bits per heavy atom. The number of para-hydroxylation sites is 1. The van der Waals surface area contributed by atoms with Crippen LogP contribution in [0.2, 0.25) is 5.02 Å². The number of aromatic nitrogens is 1. The molecule has 1 aromatic heterocycles. The fourth-order valence-electron chi connectivity index (χ4n) is 2.57. The first-order valence-corrected chi connectivity index (χ1v) is 8.73. The van der Waals surface area contributed by atoms with Crippen LogP contribution in [0.4, 0.5) is 5.69 Å².